The second-order valence-corrected chi connectivity index (χ2v) is 8.28. The van der Waals surface area contributed by atoms with Crippen molar-refractivity contribution in [3.63, 3.8) is 0 Å². The first kappa shape index (κ1) is 19.4. The molecule has 0 spiro atoms. The van der Waals surface area contributed by atoms with E-state index in [4.69, 9.17) is 4.74 Å². The lowest BCUT2D eigenvalue weighted by atomic mass is 9.77. The lowest BCUT2D eigenvalue weighted by molar-refractivity contribution is 0.496. The molecule has 0 bridgehead atoms. The number of fused-ring (bicyclic) bond motifs is 1. The molecule has 0 fully saturated rings. The molecular weight excluding hydrogens is 388 g/mol. The molecule has 3 aromatic heterocycles. The van der Waals surface area contributed by atoms with Crippen LogP contribution >= 0.6 is 0 Å². The van der Waals surface area contributed by atoms with Gasteiger partial charge in [-0.15, -0.1) is 0 Å². The number of H-pyrrole nitrogens is 3. The highest BCUT2D eigenvalue weighted by molar-refractivity contribution is 5.97. The van der Waals surface area contributed by atoms with Gasteiger partial charge in [-0.25, -0.2) is 0 Å². The van der Waals surface area contributed by atoms with Crippen molar-refractivity contribution in [3.8, 4) is 5.75 Å². The first-order valence-corrected chi connectivity index (χ1v) is 10.4. The standard InChI is InChI=1S/C24H26N6O/c1-11-19(12(2)26-25-11)22-17-9-7-8-10-18(17)31-24(21-15(5)29-30-16(21)6)23(22)20-13(3)27-28-14(20)4/h7-10,22H,1-6H3,(H,25,26)(H,27,28)(H,29,30). The Bertz CT molecular complexity index is 1280. The van der Waals surface area contributed by atoms with Crippen LogP contribution in [0.15, 0.2) is 24.3 Å². The van der Waals surface area contributed by atoms with Gasteiger partial charge in [0.2, 0.25) is 0 Å². The molecule has 0 saturated heterocycles. The molecule has 3 N–H and O–H groups in total. The molecule has 1 aromatic carbocycles. The Labute approximate surface area is 180 Å². The molecule has 1 unspecified atom stereocenters. The third-order valence-corrected chi connectivity index (χ3v) is 6.20. The van der Waals surface area contributed by atoms with Crippen molar-refractivity contribution in [2.24, 2.45) is 0 Å². The van der Waals surface area contributed by atoms with E-state index in [0.29, 0.717) is 0 Å². The molecular formula is C24H26N6O. The summed E-state index contributed by atoms with van der Waals surface area (Å²) in [5, 5.41) is 22.9. The predicted molar refractivity (Wildman–Crippen MR) is 120 cm³/mol. The number of para-hydroxylation sites is 1. The molecule has 0 radical (unpaired) electrons. The number of allylic oxidation sites excluding steroid dienone is 1. The molecule has 4 heterocycles. The van der Waals surface area contributed by atoms with E-state index in [1.54, 1.807) is 0 Å². The van der Waals surface area contributed by atoms with Crippen LogP contribution in [-0.4, -0.2) is 30.6 Å². The van der Waals surface area contributed by atoms with Crippen LogP contribution in [0.5, 0.6) is 5.75 Å². The van der Waals surface area contributed by atoms with Crippen LogP contribution in [0.2, 0.25) is 0 Å². The van der Waals surface area contributed by atoms with E-state index in [-0.39, 0.29) is 5.92 Å². The van der Waals surface area contributed by atoms with E-state index in [1.165, 1.54) is 5.56 Å². The molecule has 1 aliphatic rings. The number of aromatic amines is 3. The van der Waals surface area contributed by atoms with E-state index in [1.807, 2.05) is 32.9 Å². The molecule has 0 aliphatic carbocycles. The highest BCUT2D eigenvalue weighted by Gasteiger charge is 2.38. The quantitative estimate of drug-likeness (QED) is 0.449. The summed E-state index contributed by atoms with van der Waals surface area (Å²) in [6, 6.07) is 8.25. The Morgan fingerprint density at radius 3 is 1.87 bits per heavy atom. The molecule has 7 heteroatoms. The van der Waals surface area contributed by atoms with Gasteiger partial charge in [0.1, 0.15) is 11.5 Å². The van der Waals surface area contributed by atoms with Crippen molar-refractivity contribution in [1.29, 1.82) is 0 Å². The maximum atomic E-state index is 6.64. The minimum Gasteiger partial charge on any atom is -0.456 e. The molecule has 4 aromatic rings. The van der Waals surface area contributed by atoms with Gasteiger partial charge < -0.3 is 4.74 Å². The zero-order chi connectivity index (χ0) is 21.9. The summed E-state index contributed by atoms with van der Waals surface area (Å²) in [7, 11) is 0. The SMILES string of the molecule is Cc1n[nH]c(C)c1C1=C(c2c(C)n[nH]c2C)C(c2c(C)n[nH]c2C)c2ccccc2O1. The van der Waals surface area contributed by atoms with Gasteiger partial charge in [-0.05, 0) is 47.6 Å². The number of ether oxygens (including phenoxy) is 1. The van der Waals surface area contributed by atoms with E-state index in [9.17, 15) is 0 Å². The third kappa shape index (κ3) is 2.84. The first-order chi connectivity index (χ1) is 14.9. The monoisotopic (exact) mass is 414 g/mol. The normalized spacial score (nSPS) is 15.9. The van der Waals surface area contributed by atoms with Crippen molar-refractivity contribution >= 4 is 11.3 Å². The molecule has 0 amide bonds. The fourth-order valence-electron chi connectivity index (χ4n) is 4.83. The highest BCUT2D eigenvalue weighted by atomic mass is 16.5. The molecule has 7 nitrogen and oxygen atoms in total. The van der Waals surface area contributed by atoms with E-state index < -0.39 is 0 Å². The van der Waals surface area contributed by atoms with Crippen molar-refractivity contribution in [2.75, 3.05) is 0 Å². The maximum absolute atomic E-state index is 6.64. The summed E-state index contributed by atoms with van der Waals surface area (Å²) in [5.74, 6) is 1.62. The van der Waals surface area contributed by atoms with E-state index in [2.05, 4.69) is 63.5 Å². The number of hydrogen-bond donors (Lipinski definition) is 3. The number of benzene rings is 1. The summed E-state index contributed by atoms with van der Waals surface area (Å²) in [6.07, 6.45) is 0. The number of hydrogen-bond acceptors (Lipinski definition) is 4. The molecule has 158 valence electrons. The lowest BCUT2D eigenvalue weighted by Gasteiger charge is -2.32. The van der Waals surface area contributed by atoms with Crippen molar-refractivity contribution in [2.45, 2.75) is 47.5 Å². The zero-order valence-corrected chi connectivity index (χ0v) is 18.6. The first-order valence-electron chi connectivity index (χ1n) is 10.4. The lowest BCUT2D eigenvalue weighted by Crippen LogP contribution is -2.18. The van der Waals surface area contributed by atoms with Gasteiger partial charge in [0.05, 0.1) is 22.6 Å². The Balaban J connectivity index is 1.94. The van der Waals surface area contributed by atoms with Crippen LogP contribution in [-0.2, 0) is 0 Å². The number of rotatable bonds is 3. The van der Waals surface area contributed by atoms with E-state index >= 15 is 0 Å². The summed E-state index contributed by atoms with van der Waals surface area (Å²) < 4.78 is 6.64. The van der Waals surface area contributed by atoms with Gasteiger partial charge >= 0.3 is 0 Å². The molecule has 0 saturated carbocycles. The van der Waals surface area contributed by atoms with Crippen LogP contribution in [0.3, 0.4) is 0 Å². The molecule has 31 heavy (non-hydrogen) atoms. The maximum Gasteiger partial charge on any atom is 0.143 e. The number of aryl methyl sites for hydroxylation is 6. The van der Waals surface area contributed by atoms with Crippen LogP contribution in [0.1, 0.15) is 62.3 Å². The minimum atomic E-state index is -0.0533. The van der Waals surface area contributed by atoms with Gasteiger partial charge in [0, 0.05) is 45.3 Å². The Morgan fingerprint density at radius 1 is 0.710 bits per heavy atom. The van der Waals surface area contributed by atoms with Gasteiger partial charge in [-0.2, -0.15) is 15.3 Å². The van der Waals surface area contributed by atoms with Crippen molar-refractivity contribution < 1.29 is 4.74 Å². The Morgan fingerprint density at radius 2 is 1.29 bits per heavy atom. The van der Waals surface area contributed by atoms with Crippen LogP contribution < -0.4 is 4.74 Å². The summed E-state index contributed by atoms with van der Waals surface area (Å²) in [4.78, 5) is 0. The van der Waals surface area contributed by atoms with E-state index in [0.717, 1.165) is 67.9 Å². The molecule has 1 atom stereocenters. The fraction of sp³-hybridized carbons (Fsp3) is 0.292. The summed E-state index contributed by atoms with van der Waals surface area (Å²) in [5.41, 5.74) is 11.3. The van der Waals surface area contributed by atoms with Crippen LogP contribution in [0.25, 0.3) is 11.3 Å². The zero-order valence-electron chi connectivity index (χ0n) is 18.6. The van der Waals surface area contributed by atoms with Crippen molar-refractivity contribution in [3.05, 3.63) is 80.7 Å². The third-order valence-electron chi connectivity index (χ3n) is 6.20. The van der Waals surface area contributed by atoms with Gasteiger partial charge in [-0.3, -0.25) is 15.3 Å². The fourth-order valence-corrected chi connectivity index (χ4v) is 4.83. The van der Waals surface area contributed by atoms with Gasteiger partial charge in [0.15, 0.2) is 0 Å². The number of aromatic nitrogens is 6. The molecule has 1 aliphatic heterocycles. The second kappa shape index (κ2) is 6.97. The Hall–Kier alpha value is -3.61. The molecule has 5 rings (SSSR count). The summed E-state index contributed by atoms with van der Waals surface area (Å²) in [6.45, 7) is 12.3. The number of nitrogens with zero attached hydrogens (tertiary/aromatic N) is 3. The van der Waals surface area contributed by atoms with Crippen molar-refractivity contribution in [1.82, 2.24) is 30.6 Å². The van der Waals surface area contributed by atoms with Gasteiger partial charge in [-0.1, -0.05) is 18.2 Å². The highest BCUT2D eigenvalue weighted by Crippen LogP contribution is 2.52. The predicted octanol–water partition coefficient (Wildman–Crippen LogP) is 4.80. The van der Waals surface area contributed by atoms with Crippen LogP contribution in [0, 0.1) is 41.5 Å². The number of nitrogens with one attached hydrogen (secondary N) is 3. The smallest absolute Gasteiger partial charge is 0.143 e. The largest absolute Gasteiger partial charge is 0.456 e. The topological polar surface area (TPSA) is 95.3 Å². The Kier molecular flexibility index (Phi) is 4.36. The second-order valence-electron chi connectivity index (χ2n) is 8.28. The average molecular weight is 415 g/mol. The van der Waals surface area contributed by atoms with Gasteiger partial charge in [0.25, 0.3) is 0 Å². The van der Waals surface area contributed by atoms with Crippen LogP contribution in [0.4, 0.5) is 0 Å². The average Bonchev–Trinajstić information content (AvgIpc) is 3.37. The minimum absolute atomic E-state index is 0.0533. The summed E-state index contributed by atoms with van der Waals surface area (Å²) >= 11 is 0.